The molecule has 0 aliphatic carbocycles. The molecule has 1 atom stereocenters. The SMILES string of the molecule is CCCCCC/C=C\CCCCCCCC(=O)OC(COC(=O)CCCCCCCCCCCC)COC(=O)CCCCCCCCCCCCCCCC. The highest BCUT2D eigenvalue weighted by molar-refractivity contribution is 5.71. The lowest BCUT2D eigenvalue weighted by Crippen LogP contribution is -2.30. The zero-order valence-electron chi connectivity index (χ0n) is 37.0. The molecular weight excluding hydrogens is 685 g/mol. The number of hydrogen-bond donors (Lipinski definition) is 0. The smallest absolute Gasteiger partial charge is 0.306 e. The Kier molecular flexibility index (Phi) is 43.4. The molecule has 0 radical (unpaired) electrons. The van der Waals surface area contributed by atoms with Gasteiger partial charge < -0.3 is 14.2 Å². The summed E-state index contributed by atoms with van der Waals surface area (Å²) in [4.78, 5) is 37.8. The highest BCUT2D eigenvalue weighted by Gasteiger charge is 2.19. The van der Waals surface area contributed by atoms with Crippen molar-refractivity contribution < 1.29 is 28.6 Å². The molecule has 0 bridgehead atoms. The molecule has 0 aromatic heterocycles. The zero-order chi connectivity index (χ0) is 40.1. The minimum absolute atomic E-state index is 0.0686. The van der Waals surface area contributed by atoms with Gasteiger partial charge in [-0.2, -0.15) is 0 Å². The van der Waals surface area contributed by atoms with E-state index >= 15 is 0 Å². The molecule has 0 fully saturated rings. The summed E-state index contributed by atoms with van der Waals surface area (Å²) in [6, 6.07) is 0. The lowest BCUT2D eigenvalue weighted by atomic mass is 10.0. The number of unbranched alkanes of at least 4 members (excludes halogenated alkanes) is 31. The van der Waals surface area contributed by atoms with Crippen LogP contribution in [-0.2, 0) is 28.6 Å². The number of rotatable bonds is 44. The molecule has 324 valence electrons. The van der Waals surface area contributed by atoms with Gasteiger partial charge in [-0.3, -0.25) is 14.4 Å². The molecule has 6 heteroatoms. The second kappa shape index (κ2) is 44.9. The van der Waals surface area contributed by atoms with Crippen molar-refractivity contribution in [3.63, 3.8) is 0 Å². The van der Waals surface area contributed by atoms with E-state index in [0.29, 0.717) is 19.3 Å². The Morgan fingerprint density at radius 3 is 0.927 bits per heavy atom. The minimum Gasteiger partial charge on any atom is -0.462 e. The van der Waals surface area contributed by atoms with Gasteiger partial charge in [0.15, 0.2) is 6.10 Å². The monoisotopic (exact) mass is 777 g/mol. The van der Waals surface area contributed by atoms with E-state index in [1.807, 2.05) is 0 Å². The van der Waals surface area contributed by atoms with Crippen LogP contribution < -0.4 is 0 Å². The largest absolute Gasteiger partial charge is 0.462 e. The average Bonchev–Trinajstić information content (AvgIpc) is 3.18. The van der Waals surface area contributed by atoms with Crippen molar-refractivity contribution in [2.45, 2.75) is 271 Å². The molecule has 0 aliphatic rings. The molecule has 0 aromatic carbocycles. The van der Waals surface area contributed by atoms with Gasteiger partial charge in [0.25, 0.3) is 0 Å². The van der Waals surface area contributed by atoms with Gasteiger partial charge >= 0.3 is 17.9 Å². The van der Waals surface area contributed by atoms with Crippen molar-refractivity contribution in [1.29, 1.82) is 0 Å². The van der Waals surface area contributed by atoms with Gasteiger partial charge in [-0.15, -0.1) is 0 Å². The lowest BCUT2D eigenvalue weighted by molar-refractivity contribution is -0.167. The first-order valence-electron chi connectivity index (χ1n) is 24.2. The van der Waals surface area contributed by atoms with E-state index in [1.165, 1.54) is 161 Å². The third-order valence-corrected chi connectivity index (χ3v) is 10.8. The second-order valence-corrected chi connectivity index (χ2v) is 16.4. The summed E-state index contributed by atoms with van der Waals surface area (Å²) in [6.45, 7) is 6.62. The third kappa shape index (κ3) is 43.1. The van der Waals surface area contributed by atoms with Crippen LogP contribution in [0, 0.1) is 0 Å². The van der Waals surface area contributed by atoms with Gasteiger partial charge in [-0.25, -0.2) is 0 Å². The highest BCUT2D eigenvalue weighted by atomic mass is 16.6. The lowest BCUT2D eigenvalue weighted by Gasteiger charge is -2.18. The van der Waals surface area contributed by atoms with Gasteiger partial charge in [-0.05, 0) is 44.9 Å². The molecule has 0 aromatic rings. The Labute approximate surface area is 341 Å². The Bertz CT molecular complexity index is 854. The Hall–Kier alpha value is -1.85. The maximum Gasteiger partial charge on any atom is 0.306 e. The van der Waals surface area contributed by atoms with Gasteiger partial charge in [0.1, 0.15) is 13.2 Å². The van der Waals surface area contributed by atoms with E-state index < -0.39 is 6.10 Å². The first kappa shape index (κ1) is 53.1. The molecule has 0 aliphatic heterocycles. The standard InChI is InChI=1S/C49H92O6/c1-4-7-10-13-16-19-22-24-26-27-30-33-36-39-42-48(51)54-45-46(44-53-47(50)41-38-35-32-29-21-18-15-12-9-6-3)55-49(52)43-40-37-34-31-28-25-23-20-17-14-11-8-5-2/h20,23,46H,4-19,21-22,24-45H2,1-3H3/b23-20-. The summed E-state index contributed by atoms with van der Waals surface area (Å²) >= 11 is 0. The maximum atomic E-state index is 12.7. The van der Waals surface area contributed by atoms with Gasteiger partial charge in [-0.1, -0.05) is 213 Å². The van der Waals surface area contributed by atoms with Crippen molar-refractivity contribution in [3.8, 4) is 0 Å². The van der Waals surface area contributed by atoms with E-state index in [4.69, 9.17) is 14.2 Å². The van der Waals surface area contributed by atoms with Crippen LogP contribution in [0.4, 0.5) is 0 Å². The van der Waals surface area contributed by atoms with E-state index in [1.54, 1.807) is 0 Å². The molecule has 55 heavy (non-hydrogen) atoms. The normalized spacial score (nSPS) is 12.0. The number of esters is 3. The van der Waals surface area contributed by atoms with Gasteiger partial charge in [0.2, 0.25) is 0 Å². The highest BCUT2D eigenvalue weighted by Crippen LogP contribution is 2.15. The van der Waals surface area contributed by atoms with E-state index in [9.17, 15) is 14.4 Å². The molecule has 6 nitrogen and oxygen atoms in total. The Morgan fingerprint density at radius 2 is 0.600 bits per heavy atom. The van der Waals surface area contributed by atoms with Crippen LogP contribution in [-0.4, -0.2) is 37.2 Å². The van der Waals surface area contributed by atoms with E-state index in [2.05, 4.69) is 32.9 Å². The number of allylic oxidation sites excluding steroid dienone is 2. The average molecular weight is 777 g/mol. The number of ether oxygens (including phenoxy) is 3. The predicted octanol–water partition coefficient (Wildman–Crippen LogP) is 15.4. The van der Waals surface area contributed by atoms with Crippen LogP contribution in [0.5, 0.6) is 0 Å². The fraction of sp³-hybridized carbons (Fsp3) is 0.898. The molecule has 0 N–H and O–H groups in total. The topological polar surface area (TPSA) is 78.9 Å². The molecule has 0 rings (SSSR count). The van der Waals surface area contributed by atoms with Crippen molar-refractivity contribution >= 4 is 17.9 Å². The van der Waals surface area contributed by atoms with Crippen LogP contribution in [0.15, 0.2) is 12.2 Å². The van der Waals surface area contributed by atoms with Gasteiger partial charge in [0.05, 0.1) is 0 Å². The molecule has 0 saturated carbocycles. The van der Waals surface area contributed by atoms with Crippen LogP contribution in [0.3, 0.4) is 0 Å². The van der Waals surface area contributed by atoms with Crippen molar-refractivity contribution in [1.82, 2.24) is 0 Å². The molecule has 0 saturated heterocycles. The van der Waals surface area contributed by atoms with Crippen LogP contribution >= 0.6 is 0 Å². The molecular formula is C49H92O6. The summed E-state index contributed by atoms with van der Waals surface area (Å²) in [5, 5.41) is 0. The van der Waals surface area contributed by atoms with Crippen LogP contribution in [0.2, 0.25) is 0 Å². The zero-order valence-corrected chi connectivity index (χ0v) is 37.0. The summed E-state index contributed by atoms with van der Waals surface area (Å²) in [7, 11) is 0. The number of carbonyl (C=O) groups excluding carboxylic acids is 3. The van der Waals surface area contributed by atoms with Crippen LogP contribution in [0.1, 0.15) is 265 Å². The number of hydrogen-bond acceptors (Lipinski definition) is 6. The molecule has 0 heterocycles. The predicted molar refractivity (Wildman–Crippen MR) is 233 cm³/mol. The van der Waals surface area contributed by atoms with E-state index in [0.717, 1.165) is 64.2 Å². The Balaban J connectivity index is 4.33. The fourth-order valence-electron chi connectivity index (χ4n) is 7.08. The Morgan fingerprint density at radius 1 is 0.345 bits per heavy atom. The molecule has 0 spiro atoms. The fourth-order valence-corrected chi connectivity index (χ4v) is 7.08. The van der Waals surface area contributed by atoms with E-state index in [-0.39, 0.29) is 31.1 Å². The van der Waals surface area contributed by atoms with Crippen molar-refractivity contribution in [2.75, 3.05) is 13.2 Å². The summed E-state index contributed by atoms with van der Waals surface area (Å²) in [5.74, 6) is -0.867. The quantitative estimate of drug-likeness (QED) is 0.0265. The first-order valence-corrected chi connectivity index (χ1v) is 24.2. The van der Waals surface area contributed by atoms with Crippen molar-refractivity contribution in [3.05, 3.63) is 12.2 Å². The molecule has 0 amide bonds. The first-order chi connectivity index (χ1) is 27.0. The molecule has 1 unspecified atom stereocenters. The van der Waals surface area contributed by atoms with Crippen molar-refractivity contribution in [2.24, 2.45) is 0 Å². The van der Waals surface area contributed by atoms with Crippen LogP contribution in [0.25, 0.3) is 0 Å². The second-order valence-electron chi connectivity index (χ2n) is 16.4. The summed E-state index contributed by atoms with van der Waals surface area (Å²) < 4.78 is 16.7. The minimum atomic E-state index is -0.766. The summed E-state index contributed by atoms with van der Waals surface area (Å²) in [5.41, 5.74) is 0. The third-order valence-electron chi connectivity index (χ3n) is 10.8. The summed E-state index contributed by atoms with van der Waals surface area (Å²) in [6.07, 6.45) is 47.6. The number of carbonyl (C=O) groups is 3. The van der Waals surface area contributed by atoms with Gasteiger partial charge in [0, 0.05) is 19.3 Å². The maximum absolute atomic E-state index is 12.7.